The van der Waals surface area contributed by atoms with Gasteiger partial charge in [0, 0.05) is 50.5 Å². The number of anilines is 1. The number of hydrogen-bond acceptors (Lipinski definition) is 4. The maximum absolute atomic E-state index is 6.13. The molecule has 1 aliphatic rings. The molecule has 1 unspecified atom stereocenters. The number of ether oxygens (including phenoxy) is 2. The first-order valence-corrected chi connectivity index (χ1v) is 10.8. The van der Waals surface area contributed by atoms with E-state index in [-0.39, 0.29) is 24.0 Å². The average Bonchev–Trinajstić information content (AvgIpc) is 3.29. The molecular formula is C24H35IN4O2. The van der Waals surface area contributed by atoms with E-state index in [9.17, 15) is 0 Å². The highest BCUT2D eigenvalue weighted by Crippen LogP contribution is 2.22. The standard InChI is InChI=1S/C24H34N4O2.HI/c1-19-9-10-21(23(15-19)30-18-20-11-14-29-17-20)16-28-24(25-2)27-13-6-12-26-22-7-4-3-5-8-22;/h3-5,7-10,15,20,26H,6,11-14,16-18H2,1-2H3,(H2,25,27,28);1H. The SMILES string of the molecule is CN=C(NCCCNc1ccccc1)NCc1ccc(C)cc1OCC1CCOC1.I. The molecule has 0 radical (unpaired) electrons. The summed E-state index contributed by atoms with van der Waals surface area (Å²) < 4.78 is 11.6. The van der Waals surface area contributed by atoms with Gasteiger partial charge in [-0.25, -0.2) is 0 Å². The highest BCUT2D eigenvalue weighted by atomic mass is 127. The predicted octanol–water partition coefficient (Wildman–Crippen LogP) is 4.20. The van der Waals surface area contributed by atoms with Crippen molar-refractivity contribution in [2.75, 3.05) is 45.3 Å². The first kappa shape index (κ1) is 25.3. The lowest BCUT2D eigenvalue weighted by molar-refractivity contribution is 0.166. The zero-order chi connectivity index (χ0) is 21.0. The lowest BCUT2D eigenvalue weighted by atomic mass is 10.1. The molecule has 31 heavy (non-hydrogen) atoms. The minimum absolute atomic E-state index is 0. The fraction of sp³-hybridized carbons (Fsp3) is 0.458. The summed E-state index contributed by atoms with van der Waals surface area (Å²) in [5.74, 6) is 2.23. The van der Waals surface area contributed by atoms with E-state index in [1.54, 1.807) is 7.05 Å². The van der Waals surface area contributed by atoms with Crippen molar-refractivity contribution in [3.8, 4) is 5.75 Å². The lowest BCUT2D eigenvalue weighted by Gasteiger charge is -2.17. The Morgan fingerprint density at radius 2 is 1.97 bits per heavy atom. The summed E-state index contributed by atoms with van der Waals surface area (Å²) in [4.78, 5) is 4.33. The zero-order valence-electron chi connectivity index (χ0n) is 18.5. The van der Waals surface area contributed by atoms with E-state index in [0.717, 1.165) is 62.1 Å². The number of hydrogen-bond donors (Lipinski definition) is 3. The van der Waals surface area contributed by atoms with Crippen LogP contribution >= 0.6 is 24.0 Å². The number of aryl methyl sites for hydroxylation is 1. The Morgan fingerprint density at radius 1 is 1.13 bits per heavy atom. The van der Waals surface area contributed by atoms with E-state index in [1.165, 1.54) is 5.56 Å². The van der Waals surface area contributed by atoms with Gasteiger partial charge in [0.25, 0.3) is 0 Å². The van der Waals surface area contributed by atoms with E-state index < -0.39 is 0 Å². The van der Waals surface area contributed by atoms with Crippen LogP contribution in [0.3, 0.4) is 0 Å². The summed E-state index contributed by atoms with van der Waals surface area (Å²) in [7, 11) is 1.80. The van der Waals surface area contributed by atoms with Crippen molar-refractivity contribution in [3.05, 3.63) is 59.7 Å². The minimum atomic E-state index is 0. The van der Waals surface area contributed by atoms with Crippen LogP contribution in [0.25, 0.3) is 0 Å². The molecule has 1 aliphatic heterocycles. The Morgan fingerprint density at radius 3 is 2.71 bits per heavy atom. The third-order valence-electron chi connectivity index (χ3n) is 5.14. The van der Waals surface area contributed by atoms with Crippen LogP contribution in [0.15, 0.2) is 53.5 Å². The monoisotopic (exact) mass is 538 g/mol. The number of benzene rings is 2. The molecule has 1 saturated heterocycles. The molecular weight excluding hydrogens is 503 g/mol. The second-order valence-electron chi connectivity index (χ2n) is 7.65. The Labute approximate surface area is 203 Å². The van der Waals surface area contributed by atoms with Gasteiger partial charge in [0.05, 0.1) is 13.2 Å². The molecule has 2 aromatic carbocycles. The van der Waals surface area contributed by atoms with Gasteiger partial charge in [-0.05, 0) is 43.5 Å². The van der Waals surface area contributed by atoms with Gasteiger partial charge in [-0.2, -0.15) is 0 Å². The van der Waals surface area contributed by atoms with Crippen LogP contribution in [0.2, 0.25) is 0 Å². The van der Waals surface area contributed by atoms with Gasteiger partial charge < -0.3 is 25.4 Å². The highest BCUT2D eigenvalue weighted by Gasteiger charge is 2.17. The van der Waals surface area contributed by atoms with Gasteiger partial charge in [0.15, 0.2) is 5.96 Å². The van der Waals surface area contributed by atoms with Gasteiger partial charge in [-0.1, -0.05) is 30.3 Å². The molecule has 0 spiro atoms. The molecule has 0 saturated carbocycles. The average molecular weight is 538 g/mol. The second kappa shape index (κ2) is 14.1. The maximum atomic E-state index is 6.13. The van der Waals surface area contributed by atoms with Gasteiger partial charge in [-0.3, -0.25) is 4.99 Å². The number of para-hydroxylation sites is 1. The number of guanidine groups is 1. The van der Waals surface area contributed by atoms with Crippen molar-refractivity contribution < 1.29 is 9.47 Å². The molecule has 0 aliphatic carbocycles. The van der Waals surface area contributed by atoms with E-state index in [2.05, 4.69) is 58.2 Å². The number of aliphatic imine (C=N–C) groups is 1. The molecule has 1 heterocycles. The maximum Gasteiger partial charge on any atom is 0.191 e. The Bertz CT molecular complexity index is 795. The van der Waals surface area contributed by atoms with Crippen molar-refractivity contribution in [2.24, 2.45) is 10.9 Å². The molecule has 0 bridgehead atoms. The Hall–Kier alpha value is -2.00. The molecule has 3 rings (SSSR count). The van der Waals surface area contributed by atoms with E-state index >= 15 is 0 Å². The summed E-state index contributed by atoms with van der Waals surface area (Å²) >= 11 is 0. The summed E-state index contributed by atoms with van der Waals surface area (Å²) in [6, 6.07) is 16.6. The molecule has 170 valence electrons. The van der Waals surface area contributed by atoms with E-state index in [0.29, 0.717) is 19.1 Å². The normalized spacial score (nSPS) is 15.8. The largest absolute Gasteiger partial charge is 0.493 e. The quantitative estimate of drug-likeness (QED) is 0.183. The zero-order valence-corrected chi connectivity index (χ0v) is 20.9. The molecule has 7 heteroatoms. The van der Waals surface area contributed by atoms with Gasteiger partial charge in [0.1, 0.15) is 5.75 Å². The first-order chi connectivity index (χ1) is 14.7. The summed E-state index contributed by atoms with van der Waals surface area (Å²) in [5, 5.41) is 10.2. The fourth-order valence-electron chi connectivity index (χ4n) is 3.35. The number of nitrogens with one attached hydrogen (secondary N) is 3. The predicted molar refractivity (Wildman–Crippen MR) is 139 cm³/mol. The lowest BCUT2D eigenvalue weighted by Crippen LogP contribution is -2.37. The van der Waals surface area contributed by atoms with Crippen LogP contribution in [0.1, 0.15) is 24.0 Å². The van der Waals surface area contributed by atoms with Crippen LogP contribution in [0.5, 0.6) is 5.75 Å². The van der Waals surface area contributed by atoms with Gasteiger partial charge >= 0.3 is 0 Å². The summed E-state index contributed by atoms with van der Waals surface area (Å²) in [6.07, 6.45) is 2.08. The molecule has 2 aromatic rings. The Kier molecular flexibility index (Phi) is 11.5. The summed E-state index contributed by atoms with van der Waals surface area (Å²) in [5.41, 5.74) is 3.48. The Balaban J connectivity index is 0.00000341. The molecule has 0 amide bonds. The van der Waals surface area contributed by atoms with Crippen LogP contribution in [0, 0.1) is 12.8 Å². The van der Waals surface area contributed by atoms with Crippen LogP contribution in [-0.2, 0) is 11.3 Å². The van der Waals surface area contributed by atoms with Gasteiger partial charge in [-0.15, -0.1) is 24.0 Å². The molecule has 3 N–H and O–H groups in total. The third-order valence-corrected chi connectivity index (χ3v) is 5.14. The van der Waals surface area contributed by atoms with Crippen molar-refractivity contribution in [3.63, 3.8) is 0 Å². The smallest absolute Gasteiger partial charge is 0.191 e. The first-order valence-electron chi connectivity index (χ1n) is 10.8. The molecule has 1 fully saturated rings. The molecule has 1 atom stereocenters. The van der Waals surface area contributed by atoms with Crippen molar-refractivity contribution in [1.82, 2.24) is 10.6 Å². The molecule has 0 aromatic heterocycles. The minimum Gasteiger partial charge on any atom is -0.493 e. The van der Waals surface area contributed by atoms with E-state index in [4.69, 9.17) is 9.47 Å². The van der Waals surface area contributed by atoms with Crippen molar-refractivity contribution >= 4 is 35.6 Å². The van der Waals surface area contributed by atoms with Crippen LogP contribution in [0.4, 0.5) is 5.69 Å². The van der Waals surface area contributed by atoms with Gasteiger partial charge in [0.2, 0.25) is 0 Å². The number of nitrogens with zero attached hydrogens (tertiary/aromatic N) is 1. The fourth-order valence-corrected chi connectivity index (χ4v) is 3.35. The van der Waals surface area contributed by atoms with Crippen molar-refractivity contribution in [2.45, 2.75) is 26.3 Å². The number of rotatable bonds is 10. The van der Waals surface area contributed by atoms with E-state index in [1.807, 2.05) is 18.2 Å². The second-order valence-corrected chi connectivity index (χ2v) is 7.65. The van der Waals surface area contributed by atoms with Crippen LogP contribution < -0.4 is 20.7 Å². The summed E-state index contributed by atoms with van der Waals surface area (Å²) in [6.45, 7) is 6.87. The molecule has 6 nitrogen and oxygen atoms in total. The topological polar surface area (TPSA) is 66.9 Å². The van der Waals surface area contributed by atoms with Crippen molar-refractivity contribution in [1.29, 1.82) is 0 Å². The third kappa shape index (κ3) is 8.95. The van der Waals surface area contributed by atoms with Crippen LogP contribution in [-0.4, -0.2) is 45.9 Å². The highest BCUT2D eigenvalue weighted by molar-refractivity contribution is 14.0. The number of halogens is 1.